The average molecular weight is 444 g/mol. The number of benzene rings is 4. The molecule has 166 valence electrons. The summed E-state index contributed by atoms with van der Waals surface area (Å²) in [4.78, 5) is 0. The van der Waals surface area contributed by atoms with Crippen LogP contribution in [0.3, 0.4) is 0 Å². The first kappa shape index (κ1) is 22.4. The van der Waals surface area contributed by atoms with E-state index < -0.39 is 11.6 Å². The number of hydrogen-bond donors (Lipinski definition) is 0. The van der Waals surface area contributed by atoms with Gasteiger partial charge >= 0.3 is 0 Å². The van der Waals surface area contributed by atoms with Crippen LogP contribution in [0, 0.1) is 17.5 Å². The van der Waals surface area contributed by atoms with Crippen molar-refractivity contribution >= 4 is 6.08 Å². The summed E-state index contributed by atoms with van der Waals surface area (Å²) in [5, 5.41) is 0. The van der Waals surface area contributed by atoms with Crippen molar-refractivity contribution < 1.29 is 17.9 Å². The second-order valence-corrected chi connectivity index (χ2v) is 7.77. The molecule has 0 aliphatic carbocycles. The third kappa shape index (κ3) is 4.85. The molecule has 0 N–H and O–H groups in total. The molecule has 33 heavy (non-hydrogen) atoms. The zero-order valence-electron chi connectivity index (χ0n) is 18.2. The zero-order valence-corrected chi connectivity index (χ0v) is 18.2. The predicted molar refractivity (Wildman–Crippen MR) is 128 cm³/mol. The summed E-state index contributed by atoms with van der Waals surface area (Å²) in [5.41, 5.74) is 4.26. The third-order valence-corrected chi connectivity index (χ3v) is 5.74. The first-order valence-electron chi connectivity index (χ1n) is 10.6. The van der Waals surface area contributed by atoms with Crippen LogP contribution < -0.4 is 4.74 Å². The molecule has 1 nitrogen and oxygen atoms in total. The molecule has 0 radical (unpaired) electrons. The van der Waals surface area contributed by atoms with E-state index >= 15 is 0 Å². The van der Waals surface area contributed by atoms with Crippen LogP contribution in [0.1, 0.15) is 16.7 Å². The van der Waals surface area contributed by atoms with Gasteiger partial charge in [0.1, 0.15) is 11.6 Å². The second kappa shape index (κ2) is 9.78. The Hall–Kier alpha value is -3.79. The van der Waals surface area contributed by atoms with Crippen molar-refractivity contribution in [1.29, 1.82) is 0 Å². The molecule has 0 atom stereocenters. The number of methoxy groups -OCH3 is 1. The van der Waals surface area contributed by atoms with E-state index in [1.807, 2.05) is 36.4 Å². The summed E-state index contributed by atoms with van der Waals surface area (Å²) in [6, 6.07) is 22.5. The molecule has 4 aromatic rings. The number of halogens is 3. The van der Waals surface area contributed by atoms with Crippen LogP contribution in [-0.4, -0.2) is 7.11 Å². The summed E-state index contributed by atoms with van der Waals surface area (Å²) in [7, 11) is 1.49. The lowest BCUT2D eigenvalue weighted by atomic mass is 9.97. The van der Waals surface area contributed by atoms with E-state index in [1.165, 1.54) is 13.2 Å². The van der Waals surface area contributed by atoms with Crippen LogP contribution in [0.2, 0.25) is 0 Å². The highest BCUT2D eigenvalue weighted by Gasteiger charge is 2.15. The molecule has 0 unspecified atom stereocenters. The Morgan fingerprint density at radius 1 is 0.727 bits per heavy atom. The van der Waals surface area contributed by atoms with Gasteiger partial charge < -0.3 is 4.74 Å². The SMILES string of the molecule is C=Cc1ccc(-c2ccc(CCc3ccc(-c4ccc(OC)cc4F)cc3)c(F)c2F)cc1. The number of aryl methyl sites for hydroxylation is 2. The van der Waals surface area contributed by atoms with Crippen molar-refractivity contribution in [2.45, 2.75) is 12.8 Å². The molecule has 0 saturated carbocycles. The van der Waals surface area contributed by atoms with E-state index in [4.69, 9.17) is 4.74 Å². The molecule has 0 aliphatic rings. The summed E-state index contributed by atoms with van der Waals surface area (Å²) < 4.78 is 48.8. The minimum atomic E-state index is -0.843. The number of hydrogen-bond acceptors (Lipinski definition) is 1. The van der Waals surface area contributed by atoms with Gasteiger partial charge in [-0.2, -0.15) is 0 Å². The van der Waals surface area contributed by atoms with E-state index in [2.05, 4.69) is 6.58 Å². The van der Waals surface area contributed by atoms with E-state index in [9.17, 15) is 13.2 Å². The minimum absolute atomic E-state index is 0.234. The first-order chi connectivity index (χ1) is 16.0. The molecule has 0 aliphatic heterocycles. The van der Waals surface area contributed by atoms with Gasteiger partial charge in [-0.05, 0) is 52.8 Å². The number of ether oxygens (including phenoxy) is 1. The molecule has 0 spiro atoms. The molecule has 0 bridgehead atoms. The normalized spacial score (nSPS) is 10.8. The van der Waals surface area contributed by atoms with Crippen LogP contribution in [0.25, 0.3) is 28.3 Å². The van der Waals surface area contributed by atoms with Crippen molar-refractivity contribution in [2.75, 3.05) is 7.11 Å². The Labute approximate surface area is 191 Å². The van der Waals surface area contributed by atoms with Crippen LogP contribution in [0.15, 0.2) is 85.4 Å². The van der Waals surface area contributed by atoms with Crippen molar-refractivity contribution in [2.24, 2.45) is 0 Å². The molecule has 0 fully saturated rings. The summed E-state index contributed by atoms with van der Waals surface area (Å²) in [6.45, 7) is 3.70. The molecule has 0 amide bonds. The van der Waals surface area contributed by atoms with Crippen LogP contribution >= 0.6 is 0 Å². The van der Waals surface area contributed by atoms with Crippen molar-refractivity contribution in [3.63, 3.8) is 0 Å². The van der Waals surface area contributed by atoms with Crippen molar-refractivity contribution in [3.05, 3.63) is 120 Å². The summed E-state index contributed by atoms with van der Waals surface area (Å²) in [6.07, 6.45) is 2.59. The van der Waals surface area contributed by atoms with Gasteiger partial charge in [0, 0.05) is 17.2 Å². The minimum Gasteiger partial charge on any atom is -0.497 e. The molecule has 0 saturated heterocycles. The smallest absolute Gasteiger partial charge is 0.166 e. The Bertz CT molecular complexity index is 1280. The summed E-state index contributed by atoms with van der Waals surface area (Å²) in [5.74, 6) is -1.57. The van der Waals surface area contributed by atoms with E-state index in [-0.39, 0.29) is 11.4 Å². The predicted octanol–water partition coefficient (Wildman–Crippen LogP) is 7.87. The summed E-state index contributed by atoms with van der Waals surface area (Å²) >= 11 is 0. The average Bonchev–Trinajstić information content (AvgIpc) is 2.85. The lowest BCUT2D eigenvalue weighted by Crippen LogP contribution is -2.00. The molecule has 4 aromatic carbocycles. The largest absolute Gasteiger partial charge is 0.497 e. The topological polar surface area (TPSA) is 9.23 Å². The lowest BCUT2D eigenvalue weighted by Gasteiger charge is -2.10. The van der Waals surface area contributed by atoms with Gasteiger partial charge in [0.15, 0.2) is 11.6 Å². The van der Waals surface area contributed by atoms with Crippen molar-refractivity contribution in [1.82, 2.24) is 0 Å². The second-order valence-electron chi connectivity index (χ2n) is 7.77. The highest BCUT2D eigenvalue weighted by molar-refractivity contribution is 5.67. The van der Waals surface area contributed by atoms with Gasteiger partial charge in [-0.1, -0.05) is 73.3 Å². The van der Waals surface area contributed by atoms with Gasteiger partial charge in [-0.25, -0.2) is 13.2 Å². The molecule has 4 heteroatoms. The fraction of sp³-hybridized carbons (Fsp3) is 0.103. The maximum absolute atomic E-state index is 14.7. The molecule has 4 rings (SSSR count). The van der Waals surface area contributed by atoms with Crippen molar-refractivity contribution in [3.8, 4) is 28.0 Å². The van der Waals surface area contributed by atoms with E-state index in [1.54, 1.807) is 42.5 Å². The lowest BCUT2D eigenvalue weighted by molar-refractivity contribution is 0.411. The first-order valence-corrected chi connectivity index (χ1v) is 10.6. The van der Waals surface area contributed by atoms with Gasteiger partial charge in [-0.15, -0.1) is 0 Å². The molecule has 0 aromatic heterocycles. The number of rotatable bonds is 7. The Kier molecular flexibility index (Phi) is 6.64. The fourth-order valence-electron chi connectivity index (χ4n) is 3.79. The van der Waals surface area contributed by atoms with E-state index in [0.717, 1.165) is 16.7 Å². The Morgan fingerprint density at radius 2 is 1.36 bits per heavy atom. The van der Waals surface area contributed by atoms with Gasteiger partial charge in [0.25, 0.3) is 0 Å². The highest BCUT2D eigenvalue weighted by atomic mass is 19.2. The standard InChI is InChI=1S/C29H23F3O/c1-3-19-4-9-22(10-5-19)26-16-14-23(28(31)29(26)32)13-8-20-6-11-21(12-7-20)25-17-15-24(33-2)18-27(25)30/h3-7,9-12,14-18H,1,8,13H2,2H3. The van der Waals surface area contributed by atoms with Crippen LogP contribution in [0.4, 0.5) is 13.2 Å². The van der Waals surface area contributed by atoms with Gasteiger partial charge in [0.05, 0.1) is 7.11 Å². The Morgan fingerprint density at radius 3 is 2.00 bits per heavy atom. The molecular weight excluding hydrogens is 421 g/mol. The zero-order chi connectivity index (χ0) is 23.4. The quantitative estimate of drug-likeness (QED) is 0.282. The van der Waals surface area contributed by atoms with Gasteiger partial charge in [0.2, 0.25) is 0 Å². The van der Waals surface area contributed by atoms with Crippen LogP contribution in [-0.2, 0) is 12.8 Å². The monoisotopic (exact) mass is 444 g/mol. The maximum atomic E-state index is 14.7. The molecular formula is C29H23F3O. The van der Waals surface area contributed by atoms with Crippen LogP contribution in [0.5, 0.6) is 5.75 Å². The fourth-order valence-corrected chi connectivity index (χ4v) is 3.79. The molecule has 0 heterocycles. The Balaban J connectivity index is 1.47. The van der Waals surface area contributed by atoms with Gasteiger partial charge in [-0.3, -0.25) is 0 Å². The highest BCUT2D eigenvalue weighted by Crippen LogP contribution is 2.29. The third-order valence-electron chi connectivity index (χ3n) is 5.74. The van der Waals surface area contributed by atoms with E-state index in [0.29, 0.717) is 35.3 Å². The maximum Gasteiger partial charge on any atom is 0.166 e.